The lowest BCUT2D eigenvalue weighted by atomic mass is 10.4. The summed E-state index contributed by atoms with van der Waals surface area (Å²) in [4.78, 5) is 0. The summed E-state index contributed by atoms with van der Waals surface area (Å²) in [6.07, 6.45) is 1.75. The highest BCUT2D eigenvalue weighted by atomic mass is 16.3. The summed E-state index contributed by atoms with van der Waals surface area (Å²) in [6.45, 7) is 1.95. The molecule has 0 bridgehead atoms. The van der Waals surface area contributed by atoms with E-state index in [4.69, 9.17) is 10.8 Å². The Bertz CT molecular complexity index is 209. The van der Waals surface area contributed by atoms with Crippen LogP contribution in [-0.4, -0.2) is 21.5 Å². The number of nitrogens with two attached hydrogens (primary N) is 1. The van der Waals surface area contributed by atoms with Gasteiger partial charge in [0.15, 0.2) is 0 Å². The van der Waals surface area contributed by atoms with Crippen molar-refractivity contribution in [1.29, 1.82) is 0 Å². The van der Waals surface area contributed by atoms with E-state index in [1.165, 1.54) is 0 Å². The highest BCUT2D eigenvalue weighted by Crippen LogP contribution is 2.04. The van der Waals surface area contributed by atoms with E-state index in [0.717, 1.165) is 0 Å². The quantitative estimate of drug-likeness (QED) is 0.610. The van der Waals surface area contributed by atoms with Gasteiger partial charge in [0.05, 0.1) is 12.6 Å². The van der Waals surface area contributed by atoms with Gasteiger partial charge in [0.2, 0.25) is 0 Å². The van der Waals surface area contributed by atoms with Crippen LogP contribution < -0.4 is 5.73 Å². The summed E-state index contributed by atoms with van der Waals surface area (Å²) in [5.74, 6) is 0.486. The largest absolute Gasteiger partial charge is 0.394 e. The van der Waals surface area contributed by atoms with Gasteiger partial charge in [-0.2, -0.15) is 5.10 Å². The molecule has 0 aliphatic rings. The van der Waals surface area contributed by atoms with Gasteiger partial charge < -0.3 is 10.8 Å². The first kappa shape index (κ1) is 7.08. The van der Waals surface area contributed by atoms with Gasteiger partial charge in [0.25, 0.3) is 0 Å². The Morgan fingerprint density at radius 2 is 2.60 bits per heavy atom. The molecule has 1 atom stereocenters. The maximum Gasteiger partial charge on any atom is 0.145 e. The molecule has 56 valence electrons. The van der Waals surface area contributed by atoms with E-state index >= 15 is 0 Å². The Hall–Kier alpha value is -1.03. The second kappa shape index (κ2) is 2.70. The van der Waals surface area contributed by atoms with Gasteiger partial charge in [-0.1, -0.05) is 0 Å². The average Bonchev–Trinajstić information content (AvgIpc) is 2.34. The Morgan fingerprint density at radius 3 is 3.00 bits per heavy atom. The molecule has 0 saturated heterocycles. The molecule has 0 radical (unpaired) electrons. The van der Waals surface area contributed by atoms with Crippen LogP contribution in [0.15, 0.2) is 12.3 Å². The fourth-order valence-corrected chi connectivity index (χ4v) is 0.682. The van der Waals surface area contributed by atoms with Crippen LogP contribution in [0.5, 0.6) is 0 Å². The van der Waals surface area contributed by atoms with Crippen LogP contribution in [-0.2, 0) is 0 Å². The molecule has 0 amide bonds. The second-order valence-electron chi connectivity index (χ2n) is 2.25. The molecule has 3 N–H and O–H groups in total. The fourth-order valence-electron chi connectivity index (χ4n) is 0.682. The number of aliphatic hydroxyl groups excluding tert-OH is 1. The number of rotatable bonds is 2. The number of anilines is 1. The summed E-state index contributed by atoms with van der Waals surface area (Å²) in [7, 11) is 0. The lowest BCUT2D eigenvalue weighted by Gasteiger charge is -2.06. The SMILES string of the molecule is C[C@H](CO)n1ccc(N)n1. The van der Waals surface area contributed by atoms with Crippen molar-refractivity contribution in [3.8, 4) is 0 Å². The van der Waals surface area contributed by atoms with Gasteiger partial charge in [0.1, 0.15) is 5.82 Å². The summed E-state index contributed by atoms with van der Waals surface area (Å²) in [5.41, 5.74) is 5.36. The summed E-state index contributed by atoms with van der Waals surface area (Å²) in [6, 6.07) is 1.71. The summed E-state index contributed by atoms with van der Waals surface area (Å²) >= 11 is 0. The lowest BCUT2D eigenvalue weighted by Crippen LogP contribution is -2.09. The first-order valence-corrected chi connectivity index (χ1v) is 3.15. The predicted molar refractivity (Wildman–Crippen MR) is 38.4 cm³/mol. The molecule has 0 aromatic carbocycles. The molecule has 0 saturated carbocycles. The van der Waals surface area contributed by atoms with Crippen molar-refractivity contribution in [2.75, 3.05) is 12.3 Å². The predicted octanol–water partition coefficient (Wildman–Crippen LogP) is 0.0186. The molecule has 0 spiro atoms. The number of hydrogen-bond acceptors (Lipinski definition) is 3. The zero-order valence-electron chi connectivity index (χ0n) is 5.86. The molecule has 1 aromatic heterocycles. The topological polar surface area (TPSA) is 64.1 Å². The monoisotopic (exact) mass is 141 g/mol. The second-order valence-corrected chi connectivity index (χ2v) is 2.25. The van der Waals surface area contributed by atoms with Gasteiger partial charge in [-0.3, -0.25) is 4.68 Å². The number of aliphatic hydroxyl groups is 1. The summed E-state index contributed by atoms with van der Waals surface area (Å²) < 4.78 is 1.63. The van der Waals surface area contributed by atoms with Crippen LogP contribution in [0.25, 0.3) is 0 Å². The van der Waals surface area contributed by atoms with E-state index in [9.17, 15) is 0 Å². The van der Waals surface area contributed by atoms with Crippen molar-refractivity contribution in [2.45, 2.75) is 13.0 Å². The molecule has 0 unspecified atom stereocenters. The Balaban J connectivity index is 2.74. The zero-order valence-corrected chi connectivity index (χ0v) is 5.86. The number of nitrogens with zero attached hydrogens (tertiary/aromatic N) is 2. The molecule has 1 heterocycles. The zero-order chi connectivity index (χ0) is 7.56. The van der Waals surface area contributed by atoms with Gasteiger partial charge in [-0.05, 0) is 13.0 Å². The molecule has 10 heavy (non-hydrogen) atoms. The van der Waals surface area contributed by atoms with Crippen LogP contribution in [0.2, 0.25) is 0 Å². The van der Waals surface area contributed by atoms with Crippen LogP contribution in [0, 0.1) is 0 Å². The minimum absolute atomic E-state index is 0.0114. The van der Waals surface area contributed by atoms with E-state index in [-0.39, 0.29) is 12.6 Å². The van der Waals surface area contributed by atoms with E-state index in [1.807, 2.05) is 6.92 Å². The molecule has 0 aliphatic carbocycles. The smallest absolute Gasteiger partial charge is 0.145 e. The molecule has 4 nitrogen and oxygen atoms in total. The van der Waals surface area contributed by atoms with E-state index in [1.54, 1.807) is 16.9 Å². The third-order valence-electron chi connectivity index (χ3n) is 1.34. The molecular weight excluding hydrogens is 130 g/mol. The van der Waals surface area contributed by atoms with E-state index < -0.39 is 0 Å². The van der Waals surface area contributed by atoms with Crippen LogP contribution in [0.1, 0.15) is 13.0 Å². The molecule has 0 aliphatic heterocycles. The fraction of sp³-hybridized carbons (Fsp3) is 0.500. The maximum atomic E-state index is 8.70. The van der Waals surface area contributed by atoms with Crippen molar-refractivity contribution < 1.29 is 5.11 Å². The van der Waals surface area contributed by atoms with Crippen molar-refractivity contribution in [3.63, 3.8) is 0 Å². The number of nitrogen functional groups attached to an aromatic ring is 1. The molecule has 4 heteroatoms. The van der Waals surface area contributed by atoms with Crippen molar-refractivity contribution in [1.82, 2.24) is 9.78 Å². The lowest BCUT2D eigenvalue weighted by molar-refractivity contribution is 0.230. The van der Waals surface area contributed by atoms with Crippen molar-refractivity contribution in [2.24, 2.45) is 0 Å². The average molecular weight is 141 g/mol. The number of aromatic nitrogens is 2. The molecule has 1 rings (SSSR count). The first-order valence-electron chi connectivity index (χ1n) is 3.15. The Labute approximate surface area is 59.3 Å². The molecular formula is C6H11N3O. The normalized spacial score (nSPS) is 13.4. The van der Waals surface area contributed by atoms with Gasteiger partial charge in [-0.15, -0.1) is 0 Å². The van der Waals surface area contributed by atoms with E-state index in [0.29, 0.717) is 5.82 Å². The van der Waals surface area contributed by atoms with Crippen molar-refractivity contribution >= 4 is 5.82 Å². The minimum Gasteiger partial charge on any atom is -0.394 e. The van der Waals surface area contributed by atoms with Crippen LogP contribution in [0.4, 0.5) is 5.82 Å². The highest BCUT2D eigenvalue weighted by Gasteiger charge is 2.01. The third-order valence-corrected chi connectivity index (χ3v) is 1.34. The van der Waals surface area contributed by atoms with Crippen LogP contribution >= 0.6 is 0 Å². The van der Waals surface area contributed by atoms with Gasteiger partial charge >= 0.3 is 0 Å². The highest BCUT2D eigenvalue weighted by molar-refractivity contribution is 5.23. The third kappa shape index (κ3) is 1.27. The van der Waals surface area contributed by atoms with Gasteiger partial charge in [-0.25, -0.2) is 0 Å². The minimum atomic E-state index is 0.0114. The Morgan fingerprint density at radius 1 is 1.90 bits per heavy atom. The maximum absolute atomic E-state index is 8.70. The standard InChI is InChI=1S/C6H11N3O/c1-5(4-10)9-3-2-6(7)8-9/h2-3,5,10H,4H2,1H3,(H2,7,8)/t5-/m1/s1. The first-order chi connectivity index (χ1) is 4.74. The van der Waals surface area contributed by atoms with Crippen molar-refractivity contribution in [3.05, 3.63) is 12.3 Å². The Kier molecular flexibility index (Phi) is 1.91. The van der Waals surface area contributed by atoms with Crippen LogP contribution in [0.3, 0.4) is 0 Å². The molecule has 1 aromatic rings. The molecule has 0 fully saturated rings. The van der Waals surface area contributed by atoms with Gasteiger partial charge in [0, 0.05) is 6.20 Å². The van der Waals surface area contributed by atoms with E-state index in [2.05, 4.69) is 5.10 Å². The number of hydrogen-bond donors (Lipinski definition) is 2. The summed E-state index contributed by atoms with van der Waals surface area (Å²) in [5, 5.41) is 12.6.